The first-order valence-electron chi connectivity index (χ1n) is 9.19. The molecule has 0 unspecified atom stereocenters. The molecule has 2 heterocycles. The monoisotopic (exact) mass is 422 g/mol. The van der Waals surface area contributed by atoms with E-state index < -0.39 is 0 Å². The van der Waals surface area contributed by atoms with Crippen LogP contribution in [0.1, 0.15) is 22.1 Å². The van der Waals surface area contributed by atoms with Crippen molar-refractivity contribution in [2.24, 2.45) is 0 Å². The summed E-state index contributed by atoms with van der Waals surface area (Å²) in [6.07, 6.45) is 1.70. The number of rotatable bonds is 4. The molecule has 0 atom stereocenters. The van der Waals surface area contributed by atoms with E-state index in [4.69, 9.17) is 14.3 Å². The Labute approximate surface area is 177 Å². The lowest BCUT2D eigenvalue weighted by atomic mass is 10.0. The third-order valence-electron chi connectivity index (χ3n) is 4.40. The normalized spacial score (nSPS) is 10.3. The topological polar surface area (TPSA) is 109 Å². The number of nitrogens with zero attached hydrogens (tertiary/aromatic N) is 4. The van der Waals surface area contributed by atoms with Gasteiger partial charge in [-0.25, -0.2) is 4.39 Å². The summed E-state index contributed by atoms with van der Waals surface area (Å²) in [5, 5.41) is 15.4. The van der Waals surface area contributed by atoms with Gasteiger partial charge in [0, 0.05) is 42.7 Å². The van der Waals surface area contributed by atoms with Crippen LogP contribution < -0.4 is 0 Å². The van der Waals surface area contributed by atoms with E-state index in [1.54, 1.807) is 38.4 Å². The third kappa shape index (κ3) is 5.27. The van der Waals surface area contributed by atoms with Crippen LogP contribution in [0.2, 0.25) is 0 Å². The lowest BCUT2D eigenvalue weighted by molar-refractivity contribution is -0.122. The van der Waals surface area contributed by atoms with E-state index in [1.807, 2.05) is 18.2 Å². The van der Waals surface area contributed by atoms with Gasteiger partial charge < -0.3 is 14.4 Å². The molecular formula is C22H19FN4O4. The quantitative estimate of drug-likeness (QED) is 0.499. The number of pyridine rings is 1. The number of benzene rings is 2. The van der Waals surface area contributed by atoms with Gasteiger partial charge in [-0.3, -0.25) is 14.6 Å². The molecule has 0 aliphatic carbocycles. The van der Waals surface area contributed by atoms with Gasteiger partial charge in [-0.1, -0.05) is 12.1 Å². The molecule has 0 saturated carbocycles. The minimum Gasteiger partial charge on any atom is -0.483 e. The summed E-state index contributed by atoms with van der Waals surface area (Å²) < 4.78 is 18.6. The lowest BCUT2D eigenvalue weighted by Gasteiger charge is -2.15. The van der Waals surface area contributed by atoms with Crippen molar-refractivity contribution < 1.29 is 23.5 Å². The van der Waals surface area contributed by atoms with Crippen molar-refractivity contribution in [3.63, 3.8) is 0 Å². The first-order valence-corrected chi connectivity index (χ1v) is 9.19. The number of hydrogen-bond donors (Lipinski definition) is 1. The Morgan fingerprint density at radius 2 is 1.84 bits per heavy atom. The number of carbonyl (C=O) groups is 2. The first kappa shape index (κ1) is 21.6. The summed E-state index contributed by atoms with van der Waals surface area (Å²) >= 11 is 0. The van der Waals surface area contributed by atoms with Gasteiger partial charge in [0.25, 0.3) is 12.4 Å². The largest absolute Gasteiger partial charge is 0.483 e. The van der Waals surface area contributed by atoms with Crippen molar-refractivity contribution in [1.82, 2.24) is 20.1 Å². The fourth-order valence-electron chi connectivity index (χ4n) is 2.95. The van der Waals surface area contributed by atoms with Crippen molar-refractivity contribution in [2.75, 3.05) is 7.05 Å². The highest BCUT2D eigenvalue weighted by Gasteiger charge is 2.15. The molecule has 31 heavy (non-hydrogen) atoms. The van der Waals surface area contributed by atoms with Crippen LogP contribution in [0.15, 0.2) is 59.1 Å². The molecule has 0 aliphatic heterocycles. The van der Waals surface area contributed by atoms with E-state index in [2.05, 4.69) is 15.2 Å². The van der Waals surface area contributed by atoms with E-state index in [0.717, 1.165) is 16.5 Å². The fourth-order valence-corrected chi connectivity index (χ4v) is 2.95. The Morgan fingerprint density at radius 3 is 2.48 bits per heavy atom. The highest BCUT2D eigenvalue weighted by atomic mass is 19.1. The van der Waals surface area contributed by atoms with E-state index in [0.29, 0.717) is 22.9 Å². The van der Waals surface area contributed by atoms with Crippen molar-refractivity contribution in [3.05, 3.63) is 77.9 Å². The van der Waals surface area contributed by atoms with Crippen molar-refractivity contribution in [3.8, 4) is 11.1 Å². The Hall–Kier alpha value is -4.14. The van der Waals surface area contributed by atoms with Crippen LogP contribution >= 0.6 is 0 Å². The molecule has 2 aromatic heterocycles. The maximum absolute atomic E-state index is 13.3. The zero-order chi connectivity index (χ0) is 22.4. The predicted molar refractivity (Wildman–Crippen MR) is 111 cm³/mol. The van der Waals surface area contributed by atoms with Crippen LogP contribution in [0.3, 0.4) is 0 Å². The molecule has 0 bridgehead atoms. The number of halogens is 1. The highest BCUT2D eigenvalue weighted by molar-refractivity contribution is 5.94. The van der Waals surface area contributed by atoms with E-state index in [1.165, 1.54) is 17.0 Å². The standard InChI is InChI=1S/C21H17FN4O2.CH2O2/c1-13-24-25-20(28-13)12-26(2)21(27)15-5-3-14(4-6-15)17-9-16-7-8-18(22)10-19(16)23-11-17;2-1-3/h3-11H,12H2,1-2H3;1H,(H,2,3). The predicted octanol–water partition coefficient (Wildman–Crippen LogP) is 3.71. The van der Waals surface area contributed by atoms with Gasteiger partial charge in [-0.05, 0) is 35.9 Å². The zero-order valence-electron chi connectivity index (χ0n) is 16.8. The fraction of sp³-hybridized carbons (Fsp3) is 0.136. The first-order chi connectivity index (χ1) is 14.9. The van der Waals surface area contributed by atoms with Gasteiger partial charge >= 0.3 is 0 Å². The van der Waals surface area contributed by atoms with Crippen molar-refractivity contribution in [2.45, 2.75) is 13.5 Å². The molecule has 0 aliphatic rings. The number of aromatic nitrogens is 3. The molecule has 9 heteroatoms. The van der Waals surface area contributed by atoms with E-state index in [-0.39, 0.29) is 24.7 Å². The maximum Gasteiger partial charge on any atom is 0.290 e. The van der Waals surface area contributed by atoms with Crippen LogP contribution in [0.4, 0.5) is 4.39 Å². The van der Waals surface area contributed by atoms with Gasteiger partial charge in [0.15, 0.2) is 0 Å². The minimum atomic E-state index is -0.310. The number of carboxylic acid groups (broad SMARTS) is 1. The second kappa shape index (κ2) is 9.57. The molecule has 1 N–H and O–H groups in total. The minimum absolute atomic E-state index is 0.144. The second-order valence-electron chi connectivity index (χ2n) is 6.62. The maximum atomic E-state index is 13.3. The van der Waals surface area contributed by atoms with E-state index >= 15 is 0 Å². The molecule has 0 radical (unpaired) electrons. The summed E-state index contributed by atoms with van der Waals surface area (Å²) in [7, 11) is 1.68. The number of aryl methyl sites for hydroxylation is 1. The van der Waals surface area contributed by atoms with Gasteiger partial charge in [-0.2, -0.15) is 0 Å². The Bertz CT molecular complexity index is 1210. The average molecular weight is 422 g/mol. The molecular weight excluding hydrogens is 403 g/mol. The number of carbonyl (C=O) groups excluding carboxylic acids is 1. The van der Waals surface area contributed by atoms with Crippen LogP contribution in [-0.2, 0) is 11.3 Å². The Balaban J connectivity index is 0.000000858. The van der Waals surface area contributed by atoms with Gasteiger partial charge in [0.05, 0.1) is 12.1 Å². The molecule has 1 amide bonds. The average Bonchev–Trinajstić information content (AvgIpc) is 3.18. The summed E-state index contributed by atoms with van der Waals surface area (Å²) in [5.41, 5.74) is 2.98. The summed E-state index contributed by atoms with van der Waals surface area (Å²) in [4.78, 5) is 26.8. The van der Waals surface area contributed by atoms with Crippen LogP contribution in [0, 0.1) is 12.7 Å². The Kier molecular flexibility index (Phi) is 6.66. The van der Waals surface area contributed by atoms with Crippen molar-refractivity contribution >= 4 is 23.3 Å². The zero-order valence-corrected chi connectivity index (χ0v) is 16.8. The molecule has 2 aromatic carbocycles. The second-order valence-corrected chi connectivity index (χ2v) is 6.62. The number of fused-ring (bicyclic) bond motifs is 1. The summed E-state index contributed by atoms with van der Waals surface area (Å²) in [6, 6.07) is 13.7. The molecule has 0 spiro atoms. The summed E-state index contributed by atoms with van der Waals surface area (Å²) in [6.45, 7) is 1.70. The highest BCUT2D eigenvalue weighted by Crippen LogP contribution is 2.24. The van der Waals surface area contributed by atoms with Gasteiger partial charge in [0.2, 0.25) is 11.8 Å². The molecule has 4 rings (SSSR count). The van der Waals surface area contributed by atoms with Crippen LogP contribution in [0.25, 0.3) is 22.0 Å². The molecule has 158 valence electrons. The Morgan fingerprint density at radius 1 is 1.13 bits per heavy atom. The summed E-state index contributed by atoms with van der Waals surface area (Å²) in [5.74, 6) is 0.403. The molecule has 4 aromatic rings. The molecule has 8 nitrogen and oxygen atoms in total. The number of amides is 1. The molecule has 0 fully saturated rings. The van der Waals surface area contributed by atoms with Gasteiger partial charge in [0.1, 0.15) is 5.82 Å². The lowest BCUT2D eigenvalue weighted by Crippen LogP contribution is -2.26. The van der Waals surface area contributed by atoms with Crippen LogP contribution in [-0.4, -0.2) is 44.6 Å². The SMILES string of the molecule is Cc1nnc(CN(C)C(=O)c2ccc(-c3cnc4cc(F)ccc4c3)cc2)o1.O=CO. The van der Waals surface area contributed by atoms with Crippen molar-refractivity contribution in [1.29, 1.82) is 0 Å². The van der Waals surface area contributed by atoms with Gasteiger partial charge in [-0.15, -0.1) is 10.2 Å². The number of hydrogen-bond acceptors (Lipinski definition) is 6. The van der Waals surface area contributed by atoms with Crippen LogP contribution in [0.5, 0.6) is 0 Å². The smallest absolute Gasteiger partial charge is 0.290 e. The molecule has 0 saturated heterocycles. The third-order valence-corrected chi connectivity index (χ3v) is 4.40. The van der Waals surface area contributed by atoms with E-state index in [9.17, 15) is 9.18 Å².